The van der Waals surface area contributed by atoms with Crippen molar-refractivity contribution in [3.63, 3.8) is 0 Å². The maximum atomic E-state index is 11.6. The molecule has 102 valence electrons. The predicted octanol–water partition coefficient (Wildman–Crippen LogP) is 0.711. The largest absolute Gasteiger partial charge is 0.507 e. The average Bonchev–Trinajstić information content (AvgIpc) is 2.42. The fourth-order valence-corrected chi connectivity index (χ4v) is 1.46. The number of carbonyl (C=O) groups excluding carboxylic acids is 2. The highest BCUT2D eigenvalue weighted by molar-refractivity contribution is 6.34. The SMILES string of the molecule is CCN(CC)C(=O)C(=O)N/N=C/c1ccccc1O. The lowest BCUT2D eigenvalue weighted by molar-refractivity contribution is -0.145. The van der Waals surface area contributed by atoms with E-state index in [0.29, 0.717) is 18.7 Å². The van der Waals surface area contributed by atoms with Gasteiger partial charge in [0.25, 0.3) is 0 Å². The highest BCUT2D eigenvalue weighted by atomic mass is 16.3. The third-order valence-electron chi connectivity index (χ3n) is 2.55. The van der Waals surface area contributed by atoms with E-state index in [1.165, 1.54) is 17.2 Å². The number of phenolic OH excluding ortho intramolecular Hbond substituents is 1. The van der Waals surface area contributed by atoms with Crippen molar-refractivity contribution in [2.75, 3.05) is 13.1 Å². The van der Waals surface area contributed by atoms with Gasteiger partial charge in [-0.1, -0.05) is 12.1 Å². The predicted molar refractivity (Wildman–Crippen MR) is 71.8 cm³/mol. The standard InChI is InChI=1S/C13H17N3O3/c1-3-16(4-2)13(19)12(18)15-14-9-10-7-5-6-8-11(10)17/h5-9,17H,3-4H2,1-2H3,(H,15,18)/b14-9+. The number of nitrogens with zero attached hydrogens (tertiary/aromatic N) is 2. The molecule has 0 aromatic heterocycles. The van der Waals surface area contributed by atoms with Gasteiger partial charge in [0.15, 0.2) is 0 Å². The number of hydrogen-bond acceptors (Lipinski definition) is 4. The van der Waals surface area contributed by atoms with Gasteiger partial charge in [0.1, 0.15) is 5.75 Å². The van der Waals surface area contributed by atoms with Crippen molar-refractivity contribution in [2.45, 2.75) is 13.8 Å². The Morgan fingerprint density at radius 3 is 2.53 bits per heavy atom. The number of aromatic hydroxyl groups is 1. The van der Waals surface area contributed by atoms with Crippen molar-refractivity contribution in [1.29, 1.82) is 0 Å². The number of rotatable bonds is 4. The zero-order valence-electron chi connectivity index (χ0n) is 11.0. The molecule has 0 saturated heterocycles. The molecular weight excluding hydrogens is 246 g/mol. The Morgan fingerprint density at radius 2 is 1.95 bits per heavy atom. The van der Waals surface area contributed by atoms with E-state index in [4.69, 9.17) is 0 Å². The van der Waals surface area contributed by atoms with Gasteiger partial charge >= 0.3 is 11.8 Å². The zero-order chi connectivity index (χ0) is 14.3. The number of phenols is 1. The minimum Gasteiger partial charge on any atom is -0.507 e. The van der Waals surface area contributed by atoms with Crippen LogP contribution in [-0.4, -0.2) is 41.1 Å². The molecule has 0 radical (unpaired) electrons. The quantitative estimate of drug-likeness (QED) is 0.477. The van der Waals surface area contributed by atoms with E-state index < -0.39 is 11.8 Å². The van der Waals surface area contributed by atoms with Crippen LogP contribution in [-0.2, 0) is 9.59 Å². The monoisotopic (exact) mass is 263 g/mol. The van der Waals surface area contributed by atoms with E-state index in [1.807, 2.05) is 0 Å². The van der Waals surface area contributed by atoms with Gasteiger partial charge in [-0.25, -0.2) is 5.43 Å². The Balaban J connectivity index is 2.60. The topological polar surface area (TPSA) is 82.0 Å². The van der Waals surface area contributed by atoms with Crippen molar-refractivity contribution < 1.29 is 14.7 Å². The summed E-state index contributed by atoms with van der Waals surface area (Å²) in [6, 6.07) is 6.54. The van der Waals surface area contributed by atoms with E-state index >= 15 is 0 Å². The van der Waals surface area contributed by atoms with Crippen molar-refractivity contribution in [1.82, 2.24) is 10.3 Å². The zero-order valence-corrected chi connectivity index (χ0v) is 11.0. The second-order valence-electron chi connectivity index (χ2n) is 3.74. The van der Waals surface area contributed by atoms with E-state index in [1.54, 1.807) is 32.0 Å². The van der Waals surface area contributed by atoms with E-state index in [-0.39, 0.29) is 5.75 Å². The van der Waals surface area contributed by atoms with Crippen LogP contribution in [0, 0.1) is 0 Å². The molecule has 0 unspecified atom stereocenters. The Bertz CT molecular complexity index is 482. The number of hydrogen-bond donors (Lipinski definition) is 2. The molecule has 2 N–H and O–H groups in total. The highest BCUT2D eigenvalue weighted by Gasteiger charge is 2.18. The molecule has 0 atom stereocenters. The van der Waals surface area contributed by atoms with Crippen molar-refractivity contribution in [2.24, 2.45) is 5.10 Å². The van der Waals surface area contributed by atoms with Crippen molar-refractivity contribution in [3.05, 3.63) is 29.8 Å². The summed E-state index contributed by atoms with van der Waals surface area (Å²) >= 11 is 0. The normalized spacial score (nSPS) is 10.4. The van der Waals surface area contributed by atoms with Crippen LogP contribution in [0.25, 0.3) is 0 Å². The first kappa shape index (κ1) is 14.7. The van der Waals surface area contributed by atoms with Gasteiger partial charge in [0.2, 0.25) is 0 Å². The Labute approximate surface area is 111 Å². The second-order valence-corrected chi connectivity index (χ2v) is 3.74. The molecule has 6 heteroatoms. The summed E-state index contributed by atoms with van der Waals surface area (Å²) in [4.78, 5) is 24.5. The summed E-state index contributed by atoms with van der Waals surface area (Å²) in [6.07, 6.45) is 1.28. The fraction of sp³-hybridized carbons (Fsp3) is 0.308. The molecule has 1 rings (SSSR count). The van der Waals surface area contributed by atoms with Crippen molar-refractivity contribution in [3.8, 4) is 5.75 Å². The maximum Gasteiger partial charge on any atom is 0.329 e. The third kappa shape index (κ3) is 4.09. The van der Waals surface area contributed by atoms with Crippen LogP contribution in [0.15, 0.2) is 29.4 Å². The molecule has 2 amide bonds. The van der Waals surface area contributed by atoms with E-state index in [9.17, 15) is 14.7 Å². The summed E-state index contributed by atoms with van der Waals surface area (Å²) < 4.78 is 0. The van der Waals surface area contributed by atoms with Crippen LogP contribution in [0.4, 0.5) is 0 Å². The molecule has 19 heavy (non-hydrogen) atoms. The molecule has 0 aliphatic rings. The molecule has 6 nitrogen and oxygen atoms in total. The van der Waals surface area contributed by atoms with Gasteiger partial charge in [0.05, 0.1) is 6.21 Å². The molecule has 0 spiro atoms. The lowest BCUT2D eigenvalue weighted by Crippen LogP contribution is -2.41. The van der Waals surface area contributed by atoms with Gasteiger partial charge in [0, 0.05) is 18.7 Å². The summed E-state index contributed by atoms with van der Waals surface area (Å²) in [5, 5.41) is 13.1. The smallest absolute Gasteiger partial charge is 0.329 e. The first-order valence-electron chi connectivity index (χ1n) is 6.00. The first-order chi connectivity index (χ1) is 9.10. The first-order valence-corrected chi connectivity index (χ1v) is 6.00. The van der Waals surface area contributed by atoms with Crippen LogP contribution < -0.4 is 5.43 Å². The third-order valence-corrected chi connectivity index (χ3v) is 2.55. The number of likely N-dealkylation sites (N-methyl/N-ethyl adjacent to an activating group) is 1. The maximum absolute atomic E-state index is 11.6. The van der Waals surface area contributed by atoms with Gasteiger partial charge in [-0.05, 0) is 26.0 Å². The molecule has 0 aliphatic heterocycles. The Hall–Kier alpha value is -2.37. The number of amides is 2. The number of nitrogens with one attached hydrogen (secondary N) is 1. The molecule has 0 bridgehead atoms. The summed E-state index contributed by atoms with van der Waals surface area (Å²) in [6.45, 7) is 4.51. The van der Waals surface area contributed by atoms with E-state index in [2.05, 4.69) is 10.5 Å². The van der Waals surface area contributed by atoms with Gasteiger partial charge in [-0.3, -0.25) is 9.59 Å². The molecule has 0 aliphatic carbocycles. The lowest BCUT2D eigenvalue weighted by atomic mass is 10.2. The Morgan fingerprint density at radius 1 is 1.32 bits per heavy atom. The summed E-state index contributed by atoms with van der Waals surface area (Å²) in [5.74, 6) is -1.37. The van der Waals surface area contributed by atoms with Gasteiger partial charge in [-0.15, -0.1) is 0 Å². The van der Waals surface area contributed by atoms with Crippen LogP contribution in [0.2, 0.25) is 0 Å². The molecular formula is C13H17N3O3. The van der Waals surface area contributed by atoms with E-state index in [0.717, 1.165) is 0 Å². The highest BCUT2D eigenvalue weighted by Crippen LogP contribution is 2.12. The van der Waals surface area contributed by atoms with Crippen LogP contribution in [0.5, 0.6) is 5.75 Å². The van der Waals surface area contributed by atoms with Crippen LogP contribution in [0.3, 0.4) is 0 Å². The average molecular weight is 263 g/mol. The summed E-state index contributed by atoms with van der Waals surface area (Å²) in [7, 11) is 0. The van der Waals surface area contributed by atoms with Gasteiger partial charge < -0.3 is 10.0 Å². The number of carbonyl (C=O) groups is 2. The molecule has 0 saturated carbocycles. The second kappa shape index (κ2) is 7.15. The minimum absolute atomic E-state index is 0.0515. The molecule has 1 aromatic carbocycles. The number of benzene rings is 1. The van der Waals surface area contributed by atoms with Gasteiger partial charge in [-0.2, -0.15) is 5.10 Å². The number of hydrazone groups is 1. The van der Waals surface area contributed by atoms with Crippen LogP contribution in [0.1, 0.15) is 19.4 Å². The molecule has 0 fully saturated rings. The molecule has 0 heterocycles. The summed E-state index contributed by atoms with van der Waals surface area (Å²) in [5.41, 5.74) is 2.59. The Kier molecular flexibility index (Phi) is 5.53. The minimum atomic E-state index is -0.796. The van der Waals surface area contributed by atoms with Crippen LogP contribution >= 0.6 is 0 Å². The molecule has 1 aromatic rings. The number of para-hydroxylation sites is 1. The fourth-order valence-electron chi connectivity index (χ4n) is 1.46. The lowest BCUT2D eigenvalue weighted by Gasteiger charge is -2.16. The van der Waals surface area contributed by atoms with Crippen molar-refractivity contribution >= 4 is 18.0 Å².